The number of hydrogen-bond acceptors (Lipinski definition) is 5. The summed E-state index contributed by atoms with van der Waals surface area (Å²) in [5.41, 5.74) is 1.19. The van der Waals surface area contributed by atoms with E-state index in [1.165, 1.54) is 17.3 Å². The van der Waals surface area contributed by atoms with Crippen LogP contribution in [0.1, 0.15) is 24.1 Å². The topological polar surface area (TPSA) is 73.0 Å². The Morgan fingerprint density at radius 2 is 2.04 bits per heavy atom. The van der Waals surface area contributed by atoms with Crippen LogP contribution in [0.15, 0.2) is 58.3 Å². The molecule has 3 rings (SSSR count). The van der Waals surface area contributed by atoms with E-state index < -0.39 is 0 Å². The molecule has 0 saturated heterocycles. The summed E-state index contributed by atoms with van der Waals surface area (Å²) < 4.78 is 7.25. The Morgan fingerprint density at radius 3 is 2.76 bits per heavy atom. The molecular formula is C18H20N4O2S. The number of benzene rings is 1. The molecule has 0 aliphatic rings. The lowest BCUT2D eigenvalue weighted by Crippen LogP contribution is -2.24. The number of rotatable bonds is 8. The van der Waals surface area contributed by atoms with Gasteiger partial charge in [0.05, 0.1) is 18.6 Å². The van der Waals surface area contributed by atoms with Gasteiger partial charge in [-0.1, -0.05) is 42.1 Å². The maximum atomic E-state index is 12.0. The Hall–Kier alpha value is -2.54. The number of furan rings is 1. The Balaban J connectivity index is 1.56. The molecule has 1 N–H and O–H groups in total. The molecule has 0 saturated carbocycles. The summed E-state index contributed by atoms with van der Waals surface area (Å²) in [6, 6.07) is 13.8. The van der Waals surface area contributed by atoms with Gasteiger partial charge >= 0.3 is 0 Å². The predicted octanol–water partition coefficient (Wildman–Crippen LogP) is 2.89. The van der Waals surface area contributed by atoms with Gasteiger partial charge in [-0.3, -0.25) is 4.79 Å². The first-order valence-corrected chi connectivity index (χ1v) is 9.12. The quantitative estimate of drug-likeness (QED) is 0.628. The van der Waals surface area contributed by atoms with E-state index in [0.717, 1.165) is 29.7 Å². The first-order valence-electron chi connectivity index (χ1n) is 8.14. The van der Waals surface area contributed by atoms with Gasteiger partial charge in [-0.05, 0) is 24.6 Å². The third-order valence-corrected chi connectivity index (χ3v) is 4.65. The molecule has 25 heavy (non-hydrogen) atoms. The van der Waals surface area contributed by atoms with Crippen LogP contribution < -0.4 is 5.32 Å². The normalized spacial score (nSPS) is 10.8. The minimum Gasteiger partial charge on any atom is -0.467 e. The second-order valence-electron chi connectivity index (χ2n) is 5.45. The maximum absolute atomic E-state index is 12.0. The van der Waals surface area contributed by atoms with Gasteiger partial charge in [0, 0.05) is 13.0 Å². The second kappa shape index (κ2) is 8.53. The minimum absolute atomic E-state index is 0.0586. The molecule has 0 fully saturated rings. The lowest BCUT2D eigenvalue weighted by Gasteiger charge is -2.07. The third kappa shape index (κ3) is 4.73. The smallest absolute Gasteiger partial charge is 0.230 e. The van der Waals surface area contributed by atoms with Crippen molar-refractivity contribution in [1.82, 2.24) is 20.1 Å². The standard InChI is InChI=1S/C18H20N4O2S/c1-2-22-16(11-14-7-4-3-5-8-14)20-21-18(22)25-13-17(23)19-12-15-9-6-10-24-15/h3-10H,2,11-13H2,1H3,(H,19,23). The average Bonchev–Trinajstić information content (AvgIpc) is 3.28. The monoisotopic (exact) mass is 356 g/mol. The predicted molar refractivity (Wildman–Crippen MR) is 96.2 cm³/mol. The Labute approximate surface area is 150 Å². The zero-order chi connectivity index (χ0) is 17.5. The van der Waals surface area contributed by atoms with Gasteiger partial charge in [0.15, 0.2) is 5.16 Å². The summed E-state index contributed by atoms with van der Waals surface area (Å²) in [6.07, 6.45) is 2.32. The molecule has 0 radical (unpaired) electrons. The van der Waals surface area contributed by atoms with Crippen LogP contribution in [0.2, 0.25) is 0 Å². The van der Waals surface area contributed by atoms with Crippen LogP contribution in [0.5, 0.6) is 0 Å². The van der Waals surface area contributed by atoms with Gasteiger partial charge in [-0.2, -0.15) is 0 Å². The molecule has 130 valence electrons. The number of hydrogen-bond donors (Lipinski definition) is 1. The number of thioether (sulfide) groups is 1. The third-order valence-electron chi connectivity index (χ3n) is 3.69. The number of nitrogens with one attached hydrogen (secondary N) is 1. The van der Waals surface area contributed by atoms with E-state index in [1.807, 2.05) is 24.3 Å². The highest BCUT2D eigenvalue weighted by atomic mass is 32.2. The molecule has 0 unspecified atom stereocenters. The summed E-state index contributed by atoms with van der Waals surface area (Å²) in [7, 11) is 0. The molecule has 7 heteroatoms. The summed E-state index contributed by atoms with van der Waals surface area (Å²) >= 11 is 1.40. The van der Waals surface area contributed by atoms with Crippen LogP contribution in [0.4, 0.5) is 0 Å². The molecule has 2 aromatic heterocycles. The second-order valence-corrected chi connectivity index (χ2v) is 6.39. The molecule has 6 nitrogen and oxygen atoms in total. The van der Waals surface area contributed by atoms with Crippen LogP contribution in [0, 0.1) is 0 Å². The van der Waals surface area contributed by atoms with Crippen molar-refractivity contribution in [1.29, 1.82) is 0 Å². The van der Waals surface area contributed by atoms with Crippen molar-refractivity contribution in [3.63, 3.8) is 0 Å². The van der Waals surface area contributed by atoms with E-state index in [2.05, 4.69) is 39.1 Å². The Morgan fingerprint density at radius 1 is 1.20 bits per heavy atom. The Kier molecular flexibility index (Phi) is 5.90. The number of nitrogens with zero attached hydrogens (tertiary/aromatic N) is 3. The maximum Gasteiger partial charge on any atom is 0.230 e. The van der Waals surface area contributed by atoms with Crippen LogP contribution in [-0.2, 0) is 24.3 Å². The first kappa shape index (κ1) is 17.3. The average molecular weight is 356 g/mol. The zero-order valence-corrected chi connectivity index (χ0v) is 14.8. The van der Waals surface area contributed by atoms with Crippen molar-refractivity contribution in [2.24, 2.45) is 0 Å². The first-order chi connectivity index (χ1) is 12.3. The van der Waals surface area contributed by atoms with Gasteiger partial charge in [-0.25, -0.2) is 0 Å². The summed E-state index contributed by atoms with van der Waals surface area (Å²) in [6.45, 7) is 3.22. The molecule has 0 aliphatic heterocycles. The van der Waals surface area contributed by atoms with Crippen molar-refractivity contribution in [3.8, 4) is 0 Å². The number of aromatic nitrogens is 3. The lowest BCUT2D eigenvalue weighted by molar-refractivity contribution is -0.118. The molecule has 1 amide bonds. The van der Waals surface area contributed by atoms with E-state index in [-0.39, 0.29) is 5.91 Å². The molecule has 0 bridgehead atoms. The largest absolute Gasteiger partial charge is 0.467 e. The molecule has 0 spiro atoms. The van der Waals surface area contributed by atoms with Crippen LogP contribution in [-0.4, -0.2) is 26.4 Å². The molecule has 2 heterocycles. The number of carbonyl (C=O) groups excluding carboxylic acids is 1. The number of carbonyl (C=O) groups is 1. The van der Waals surface area contributed by atoms with Gasteiger partial charge in [-0.15, -0.1) is 10.2 Å². The highest BCUT2D eigenvalue weighted by molar-refractivity contribution is 7.99. The van der Waals surface area contributed by atoms with Crippen molar-refractivity contribution in [2.75, 3.05) is 5.75 Å². The van der Waals surface area contributed by atoms with Crippen LogP contribution >= 0.6 is 11.8 Å². The number of amides is 1. The molecule has 0 atom stereocenters. The van der Waals surface area contributed by atoms with Crippen molar-refractivity contribution in [2.45, 2.75) is 31.6 Å². The summed E-state index contributed by atoms with van der Waals surface area (Å²) in [5.74, 6) is 1.88. The van der Waals surface area contributed by atoms with E-state index in [9.17, 15) is 4.79 Å². The minimum atomic E-state index is -0.0586. The fourth-order valence-corrected chi connectivity index (χ4v) is 3.28. The van der Waals surface area contributed by atoms with Crippen LogP contribution in [0.3, 0.4) is 0 Å². The van der Waals surface area contributed by atoms with Gasteiger partial charge in [0.25, 0.3) is 0 Å². The van der Waals surface area contributed by atoms with E-state index in [4.69, 9.17) is 4.42 Å². The Bertz CT molecular complexity index is 800. The van der Waals surface area contributed by atoms with Crippen molar-refractivity contribution in [3.05, 3.63) is 65.9 Å². The van der Waals surface area contributed by atoms with E-state index in [1.54, 1.807) is 12.3 Å². The SMILES string of the molecule is CCn1c(Cc2ccccc2)nnc1SCC(=O)NCc1ccco1. The van der Waals surface area contributed by atoms with E-state index in [0.29, 0.717) is 12.3 Å². The van der Waals surface area contributed by atoms with E-state index >= 15 is 0 Å². The molecular weight excluding hydrogens is 336 g/mol. The highest BCUT2D eigenvalue weighted by Gasteiger charge is 2.13. The van der Waals surface area contributed by atoms with Gasteiger partial charge in [0.1, 0.15) is 11.6 Å². The van der Waals surface area contributed by atoms with Crippen LogP contribution in [0.25, 0.3) is 0 Å². The van der Waals surface area contributed by atoms with Crippen molar-refractivity contribution < 1.29 is 9.21 Å². The molecule has 3 aromatic rings. The fraction of sp³-hybridized carbons (Fsp3) is 0.278. The van der Waals surface area contributed by atoms with Gasteiger partial charge < -0.3 is 14.3 Å². The van der Waals surface area contributed by atoms with Gasteiger partial charge in [0.2, 0.25) is 5.91 Å². The summed E-state index contributed by atoms with van der Waals surface area (Å²) in [4.78, 5) is 12.0. The zero-order valence-electron chi connectivity index (χ0n) is 14.0. The fourth-order valence-electron chi connectivity index (χ4n) is 2.43. The molecule has 0 aliphatic carbocycles. The highest BCUT2D eigenvalue weighted by Crippen LogP contribution is 2.18. The van der Waals surface area contributed by atoms with Crippen molar-refractivity contribution >= 4 is 17.7 Å². The molecule has 1 aromatic carbocycles. The summed E-state index contributed by atoms with van der Waals surface area (Å²) in [5, 5.41) is 12.1. The lowest BCUT2D eigenvalue weighted by atomic mass is 10.1.